The van der Waals surface area contributed by atoms with Crippen LogP contribution in [0.1, 0.15) is 11.1 Å². The molecule has 0 fully saturated rings. The topological polar surface area (TPSA) is 88.7 Å². The minimum atomic E-state index is -4.27. The van der Waals surface area contributed by atoms with E-state index in [2.05, 4.69) is 4.98 Å². The standard InChI is InChI=1S/C25H23FN2O5S/c1-32-20-10-7-17(8-11-20)15-28(34(30,31)24-6-4-3-5-22(24)26)16-19-13-18-9-12-21(33-2)14-23(18)27-25(19)29/h3-14H,15-16H2,1-2H3,(H,27,29). The number of nitrogens with zero attached hydrogens (tertiary/aromatic N) is 1. The van der Waals surface area contributed by atoms with Gasteiger partial charge in [-0.15, -0.1) is 0 Å². The predicted molar refractivity (Wildman–Crippen MR) is 127 cm³/mol. The van der Waals surface area contributed by atoms with E-state index in [1.807, 2.05) is 0 Å². The first-order chi connectivity index (χ1) is 16.3. The Morgan fingerprint density at radius 3 is 2.24 bits per heavy atom. The highest BCUT2D eigenvalue weighted by atomic mass is 32.2. The molecular weight excluding hydrogens is 459 g/mol. The van der Waals surface area contributed by atoms with Crippen molar-refractivity contribution in [2.24, 2.45) is 0 Å². The number of halogens is 1. The van der Waals surface area contributed by atoms with Crippen molar-refractivity contribution in [1.29, 1.82) is 0 Å². The smallest absolute Gasteiger partial charge is 0.252 e. The lowest BCUT2D eigenvalue weighted by Crippen LogP contribution is -2.33. The van der Waals surface area contributed by atoms with Crippen molar-refractivity contribution >= 4 is 20.9 Å². The van der Waals surface area contributed by atoms with Crippen LogP contribution in [0.25, 0.3) is 10.9 Å². The van der Waals surface area contributed by atoms with Gasteiger partial charge in [0, 0.05) is 24.7 Å². The second-order valence-corrected chi connectivity index (χ2v) is 9.53. The van der Waals surface area contributed by atoms with E-state index in [0.29, 0.717) is 28.0 Å². The zero-order valence-corrected chi connectivity index (χ0v) is 19.4. The predicted octanol–water partition coefficient (Wildman–Crippen LogP) is 4.08. The number of rotatable bonds is 8. The molecule has 0 radical (unpaired) electrons. The summed E-state index contributed by atoms with van der Waals surface area (Å²) in [5.74, 6) is 0.342. The highest BCUT2D eigenvalue weighted by Crippen LogP contribution is 2.25. The molecule has 0 saturated heterocycles. The first-order valence-corrected chi connectivity index (χ1v) is 11.8. The van der Waals surface area contributed by atoms with Crippen molar-refractivity contribution in [3.63, 3.8) is 0 Å². The van der Waals surface area contributed by atoms with Crippen molar-refractivity contribution in [3.8, 4) is 11.5 Å². The number of hydrogen-bond donors (Lipinski definition) is 1. The van der Waals surface area contributed by atoms with Gasteiger partial charge in [-0.2, -0.15) is 4.31 Å². The molecular formula is C25H23FN2O5S. The van der Waals surface area contributed by atoms with Crippen LogP contribution >= 0.6 is 0 Å². The van der Waals surface area contributed by atoms with Crippen LogP contribution in [-0.2, 0) is 23.1 Å². The van der Waals surface area contributed by atoms with Crippen LogP contribution in [-0.4, -0.2) is 31.9 Å². The molecule has 0 unspecified atom stereocenters. The number of sulfonamides is 1. The van der Waals surface area contributed by atoms with Gasteiger partial charge in [0.25, 0.3) is 5.56 Å². The van der Waals surface area contributed by atoms with Crippen LogP contribution in [0.3, 0.4) is 0 Å². The number of methoxy groups -OCH3 is 2. The third kappa shape index (κ3) is 4.80. The quantitative estimate of drug-likeness (QED) is 0.409. The van der Waals surface area contributed by atoms with Gasteiger partial charge in [0.15, 0.2) is 0 Å². The third-order valence-electron chi connectivity index (χ3n) is 5.45. The molecule has 4 aromatic rings. The van der Waals surface area contributed by atoms with Crippen LogP contribution in [0.15, 0.2) is 82.5 Å². The normalized spacial score (nSPS) is 11.6. The summed E-state index contributed by atoms with van der Waals surface area (Å²) >= 11 is 0. The molecule has 3 aromatic carbocycles. The number of fused-ring (bicyclic) bond motifs is 1. The monoisotopic (exact) mass is 482 g/mol. The van der Waals surface area contributed by atoms with Crippen molar-refractivity contribution in [3.05, 3.63) is 100 Å². The summed E-state index contributed by atoms with van der Waals surface area (Å²) in [7, 11) is -1.21. The van der Waals surface area contributed by atoms with Crippen LogP contribution in [0, 0.1) is 5.82 Å². The van der Waals surface area contributed by atoms with Gasteiger partial charge in [0.2, 0.25) is 10.0 Å². The molecule has 0 saturated carbocycles. The molecule has 7 nitrogen and oxygen atoms in total. The molecule has 9 heteroatoms. The minimum Gasteiger partial charge on any atom is -0.497 e. The lowest BCUT2D eigenvalue weighted by Gasteiger charge is -2.23. The summed E-state index contributed by atoms with van der Waals surface area (Å²) in [5, 5.41) is 0.711. The van der Waals surface area contributed by atoms with Gasteiger partial charge in [-0.25, -0.2) is 12.8 Å². The number of ether oxygens (including phenoxy) is 2. The maximum Gasteiger partial charge on any atom is 0.252 e. The largest absolute Gasteiger partial charge is 0.497 e. The Labute approximate surface area is 196 Å². The fraction of sp³-hybridized carbons (Fsp3) is 0.160. The van der Waals surface area contributed by atoms with E-state index in [4.69, 9.17) is 9.47 Å². The summed E-state index contributed by atoms with van der Waals surface area (Å²) in [4.78, 5) is 15.1. The van der Waals surface area contributed by atoms with E-state index in [1.165, 1.54) is 32.4 Å². The Morgan fingerprint density at radius 1 is 0.882 bits per heavy atom. The molecule has 1 aromatic heterocycles. The highest BCUT2D eigenvalue weighted by Gasteiger charge is 2.28. The number of H-pyrrole nitrogens is 1. The van der Waals surface area contributed by atoms with Gasteiger partial charge in [-0.05, 0) is 53.4 Å². The van der Waals surface area contributed by atoms with Gasteiger partial charge in [-0.1, -0.05) is 24.3 Å². The van der Waals surface area contributed by atoms with Crippen LogP contribution < -0.4 is 15.0 Å². The number of nitrogens with one attached hydrogen (secondary N) is 1. The number of aromatic amines is 1. The van der Waals surface area contributed by atoms with Crippen LogP contribution in [0.2, 0.25) is 0 Å². The Hall–Kier alpha value is -3.69. The second kappa shape index (κ2) is 9.66. The van der Waals surface area contributed by atoms with E-state index in [1.54, 1.807) is 48.5 Å². The summed E-state index contributed by atoms with van der Waals surface area (Å²) < 4.78 is 52.9. The van der Waals surface area contributed by atoms with E-state index in [-0.39, 0.29) is 18.7 Å². The lowest BCUT2D eigenvalue weighted by atomic mass is 10.1. The summed E-state index contributed by atoms with van der Waals surface area (Å²) in [6, 6.07) is 18.9. The van der Waals surface area contributed by atoms with Crippen LogP contribution in [0.4, 0.5) is 4.39 Å². The molecule has 176 valence electrons. The molecule has 0 atom stereocenters. The SMILES string of the molecule is COc1ccc(CN(Cc2cc3ccc(OC)cc3[nH]c2=O)S(=O)(=O)c2ccccc2F)cc1. The number of aromatic nitrogens is 1. The molecule has 0 amide bonds. The molecule has 0 aliphatic heterocycles. The molecule has 0 aliphatic carbocycles. The van der Waals surface area contributed by atoms with Gasteiger partial charge in [-0.3, -0.25) is 4.79 Å². The number of benzene rings is 3. The molecule has 0 spiro atoms. The van der Waals surface area contributed by atoms with E-state index in [0.717, 1.165) is 10.4 Å². The van der Waals surface area contributed by atoms with Crippen molar-refractivity contribution in [2.75, 3.05) is 14.2 Å². The highest BCUT2D eigenvalue weighted by molar-refractivity contribution is 7.89. The average molecular weight is 483 g/mol. The number of pyridine rings is 1. The molecule has 0 bridgehead atoms. The first-order valence-electron chi connectivity index (χ1n) is 10.4. The maximum absolute atomic E-state index is 14.5. The van der Waals surface area contributed by atoms with E-state index in [9.17, 15) is 17.6 Å². The summed E-state index contributed by atoms with van der Waals surface area (Å²) in [5.41, 5.74) is 1.00. The zero-order valence-electron chi connectivity index (χ0n) is 18.6. The van der Waals surface area contributed by atoms with Gasteiger partial charge in [0.05, 0.1) is 19.7 Å². The Bertz CT molecular complexity index is 1480. The fourth-order valence-corrected chi connectivity index (χ4v) is 5.08. The van der Waals surface area contributed by atoms with Gasteiger partial charge >= 0.3 is 0 Å². The van der Waals surface area contributed by atoms with E-state index >= 15 is 0 Å². The molecule has 1 heterocycles. The summed E-state index contributed by atoms with van der Waals surface area (Å²) in [6.45, 7) is -0.319. The molecule has 0 aliphatic rings. The Kier molecular flexibility index (Phi) is 6.67. The second-order valence-electron chi connectivity index (χ2n) is 7.63. The third-order valence-corrected chi connectivity index (χ3v) is 7.27. The van der Waals surface area contributed by atoms with Crippen molar-refractivity contribution in [2.45, 2.75) is 18.0 Å². The van der Waals surface area contributed by atoms with E-state index < -0.39 is 26.3 Å². The van der Waals surface area contributed by atoms with Crippen molar-refractivity contribution < 1.29 is 22.3 Å². The zero-order chi connectivity index (χ0) is 24.3. The molecule has 34 heavy (non-hydrogen) atoms. The average Bonchev–Trinajstić information content (AvgIpc) is 2.84. The lowest BCUT2D eigenvalue weighted by molar-refractivity contribution is 0.395. The Balaban J connectivity index is 1.77. The van der Waals surface area contributed by atoms with Gasteiger partial charge < -0.3 is 14.5 Å². The minimum absolute atomic E-state index is 0.0687. The molecule has 4 rings (SSSR count). The van der Waals surface area contributed by atoms with Crippen LogP contribution in [0.5, 0.6) is 11.5 Å². The number of hydrogen-bond acceptors (Lipinski definition) is 5. The summed E-state index contributed by atoms with van der Waals surface area (Å²) in [6.07, 6.45) is 0. The fourth-order valence-electron chi connectivity index (χ4n) is 3.61. The van der Waals surface area contributed by atoms with Crippen molar-refractivity contribution in [1.82, 2.24) is 9.29 Å². The molecule has 1 N–H and O–H groups in total. The Morgan fingerprint density at radius 2 is 1.56 bits per heavy atom. The van der Waals surface area contributed by atoms with Gasteiger partial charge in [0.1, 0.15) is 22.2 Å². The first kappa shape index (κ1) is 23.5. The maximum atomic E-state index is 14.5.